The maximum absolute atomic E-state index is 5.87. The van der Waals surface area contributed by atoms with Crippen molar-refractivity contribution in [2.45, 2.75) is 52.1 Å². The van der Waals surface area contributed by atoms with Gasteiger partial charge in [0, 0.05) is 11.8 Å². The van der Waals surface area contributed by atoms with Crippen LogP contribution in [0.4, 0.5) is 0 Å². The Bertz CT molecular complexity index is 537. The Morgan fingerprint density at radius 2 is 1.90 bits per heavy atom. The number of hydrogen-bond acceptors (Lipinski definition) is 4. The molecule has 4 heteroatoms. The number of hydrogen-bond donors (Lipinski definition) is 0. The first-order valence-electron chi connectivity index (χ1n) is 7.56. The van der Waals surface area contributed by atoms with E-state index in [0.29, 0.717) is 13.2 Å². The molecule has 0 aliphatic carbocycles. The summed E-state index contributed by atoms with van der Waals surface area (Å²) in [4.78, 5) is 0. The molecule has 1 aromatic carbocycles. The molecule has 0 N–H and O–H groups in total. The standard InChI is InChI=1S/C17H24N2OS/c1-4-5-11-15-18-19-16(21-15)17(2,3)13-20-12-14-9-7-6-8-10-14/h6-10H,4-5,11-13H2,1-3H3. The lowest BCUT2D eigenvalue weighted by Gasteiger charge is -2.21. The molecule has 1 heterocycles. The largest absolute Gasteiger partial charge is 0.376 e. The summed E-state index contributed by atoms with van der Waals surface area (Å²) >= 11 is 1.72. The van der Waals surface area contributed by atoms with Crippen LogP contribution in [0.15, 0.2) is 30.3 Å². The number of benzene rings is 1. The van der Waals surface area contributed by atoms with E-state index in [9.17, 15) is 0 Å². The lowest BCUT2D eigenvalue weighted by molar-refractivity contribution is 0.0822. The molecule has 2 rings (SSSR count). The van der Waals surface area contributed by atoms with Gasteiger partial charge in [-0.05, 0) is 12.0 Å². The first-order chi connectivity index (χ1) is 10.1. The van der Waals surface area contributed by atoms with E-state index in [1.807, 2.05) is 18.2 Å². The van der Waals surface area contributed by atoms with Crippen molar-refractivity contribution >= 4 is 11.3 Å². The Balaban J connectivity index is 1.87. The fourth-order valence-corrected chi connectivity index (χ4v) is 2.98. The first-order valence-corrected chi connectivity index (χ1v) is 8.38. The molecule has 0 aliphatic heterocycles. The summed E-state index contributed by atoms with van der Waals surface area (Å²) in [6, 6.07) is 10.3. The maximum atomic E-state index is 5.87. The van der Waals surface area contributed by atoms with Crippen molar-refractivity contribution in [2.24, 2.45) is 0 Å². The minimum Gasteiger partial charge on any atom is -0.376 e. The Morgan fingerprint density at radius 3 is 2.62 bits per heavy atom. The van der Waals surface area contributed by atoms with Crippen LogP contribution in [0.3, 0.4) is 0 Å². The molecule has 0 radical (unpaired) electrons. The van der Waals surface area contributed by atoms with Gasteiger partial charge >= 0.3 is 0 Å². The minimum absolute atomic E-state index is 0.0864. The number of aryl methyl sites for hydroxylation is 1. The van der Waals surface area contributed by atoms with Gasteiger partial charge in [0.15, 0.2) is 0 Å². The second kappa shape index (κ2) is 7.66. The van der Waals surface area contributed by atoms with Crippen LogP contribution in [0.2, 0.25) is 0 Å². The van der Waals surface area contributed by atoms with E-state index in [2.05, 4.69) is 43.1 Å². The highest BCUT2D eigenvalue weighted by Gasteiger charge is 2.25. The lowest BCUT2D eigenvalue weighted by Crippen LogP contribution is -2.24. The van der Waals surface area contributed by atoms with Crippen molar-refractivity contribution in [3.05, 3.63) is 45.9 Å². The predicted molar refractivity (Wildman–Crippen MR) is 87.6 cm³/mol. The highest BCUT2D eigenvalue weighted by molar-refractivity contribution is 7.11. The second-order valence-electron chi connectivity index (χ2n) is 5.97. The van der Waals surface area contributed by atoms with E-state index in [-0.39, 0.29) is 5.41 Å². The third-order valence-corrected chi connectivity index (χ3v) is 4.71. The molecular formula is C17H24N2OS. The monoisotopic (exact) mass is 304 g/mol. The third-order valence-electron chi connectivity index (χ3n) is 3.36. The Hall–Kier alpha value is -1.26. The molecule has 0 aliphatic rings. The zero-order valence-electron chi connectivity index (χ0n) is 13.1. The average Bonchev–Trinajstić information content (AvgIpc) is 2.96. The van der Waals surface area contributed by atoms with Crippen LogP contribution in [0.1, 0.15) is 49.2 Å². The van der Waals surface area contributed by atoms with E-state index in [1.54, 1.807) is 11.3 Å². The Kier molecular flexibility index (Phi) is 5.88. The highest BCUT2D eigenvalue weighted by atomic mass is 32.1. The van der Waals surface area contributed by atoms with E-state index in [4.69, 9.17) is 4.74 Å². The summed E-state index contributed by atoms with van der Waals surface area (Å²) in [5.41, 5.74) is 1.12. The molecule has 21 heavy (non-hydrogen) atoms. The van der Waals surface area contributed by atoms with Gasteiger partial charge in [0.05, 0.1) is 13.2 Å². The van der Waals surface area contributed by atoms with Crippen molar-refractivity contribution in [1.82, 2.24) is 10.2 Å². The summed E-state index contributed by atoms with van der Waals surface area (Å²) in [6.07, 6.45) is 3.41. The molecule has 0 atom stereocenters. The molecule has 1 aromatic heterocycles. The molecule has 0 spiro atoms. The van der Waals surface area contributed by atoms with E-state index in [0.717, 1.165) is 16.4 Å². The highest BCUT2D eigenvalue weighted by Crippen LogP contribution is 2.27. The topological polar surface area (TPSA) is 35.0 Å². The molecule has 2 aromatic rings. The van der Waals surface area contributed by atoms with Gasteiger partial charge in [-0.3, -0.25) is 0 Å². The summed E-state index contributed by atoms with van der Waals surface area (Å²) < 4.78 is 5.87. The van der Waals surface area contributed by atoms with Crippen molar-refractivity contribution in [1.29, 1.82) is 0 Å². The SMILES string of the molecule is CCCCc1nnc(C(C)(C)COCc2ccccc2)s1. The minimum atomic E-state index is -0.0864. The molecular weight excluding hydrogens is 280 g/mol. The van der Waals surface area contributed by atoms with Gasteiger partial charge in [0.25, 0.3) is 0 Å². The number of nitrogens with zero attached hydrogens (tertiary/aromatic N) is 2. The van der Waals surface area contributed by atoms with Crippen LogP contribution in [0.25, 0.3) is 0 Å². The van der Waals surface area contributed by atoms with Crippen LogP contribution >= 0.6 is 11.3 Å². The van der Waals surface area contributed by atoms with Crippen LogP contribution in [-0.4, -0.2) is 16.8 Å². The molecule has 0 unspecified atom stereocenters. The van der Waals surface area contributed by atoms with Crippen molar-refractivity contribution in [3.63, 3.8) is 0 Å². The smallest absolute Gasteiger partial charge is 0.125 e. The fourth-order valence-electron chi connectivity index (χ4n) is 2.02. The zero-order valence-corrected chi connectivity index (χ0v) is 13.9. The summed E-state index contributed by atoms with van der Waals surface area (Å²) in [6.45, 7) is 7.84. The van der Waals surface area contributed by atoms with Gasteiger partial charge in [0.2, 0.25) is 0 Å². The summed E-state index contributed by atoms with van der Waals surface area (Å²) in [7, 11) is 0. The third kappa shape index (κ3) is 4.90. The molecule has 0 amide bonds. The Morgan fingerprint density at radius 1 is 1.14 bits per heavy atom. The van der Waals surface area contributed by atoms with Crippen LogP contribution in [-0.2, 0) is 23.2 Å². The maximum Gasteiger partial charge on any atom is 0.125 e. The number of unbranched alkanes of at least 4 members (excludes halogenated alkanes) is 1. The molecule has 0 fully saturated rings. The van der Waals surface area contributed by atoms with Crippen molar-refractivity contribution < 1.29 is 4.74 Å². The number of aromatic nitrogens is 2. The van der Waals surface area contributed by atoms with Crippen LogP contribution in [0.5, 0.6) is 0 Å². The van der Waals surface area contributed by atoms with E-state index >= 15 is 0 Å². The quantitative estimate of drug-likeness (QED) is 0.726. The van der Waals surface area contributed by atoms with Crippen molar-refractivity contribution in [3.8, 4) is 0 Å². The Labute approximate surface area is 131 Å². The van der Waals surface area contributed by atoms with Crippen LogP contribution in [0, 0.1) is 0 Å². The first kappa shape index (κ1) is 16.1. The van der Waals surface area contributed by atoms with Crippen LogP contribution < -0.4 is 0 Å². The lowest BCUT2D eigenvalue weighted by atomic mass is 9.96. The molecule has 114 valence electrons. The van der Waals surface area contributed by atoms with Gasteiger partial charge in [-0.1, -0.05) is 57.5 Å². The second-order valence-corrected chi connectivity index (χ2v) is 7.03. The number of ether oxygens (including phenoxy) is 1. The molecule has 0 saturated heterocycles. The van der Waals surface area contributed by atoms with Gasteiger partial charge in [-0.15, -0.1) is 21.5 Å². The zero-order chi connectivity index (χ0) is 15.1. The van der Waals surface area contributed by atoms with Gasteiger partial charge in [0.1, 0.15) is 10.0 Å². The van der Waals surface area contributed by atoms with E-state index in [1.165, 1.54) is 18.4 Å². The predicted octanol–water partition coefficient (Wildman–Crippen LogP) is 4.38. The normalized spacial score (nSPS) is 11.8. The number of rotatable bonds is 8. The summed E-state index contributed by atoms with van der Waals surface area (Å²) in [5.74, 6) is 0. The fraction of sp³-hybridized carbons (Fsp3) is 0.529. The van der Waals surface area contributed by atoms with E-state index < -0.39 is 0 Å². The average molecular weight is 304 g/mol. The summed E-state index contributed by atoms with van der Waals surface area (Å²) in [5, 5.41) is 10.9. The molecule has 0 bridgehead atoms. The van der Waals surface area contributed by atoms with Gasteiger partial charge in [-0.25, -0.2) is 0 Å². The molecule has 0 saturated carbocycles. The van der Waals surface area contributed by atoms with Crippen molar-refractivity contribution in [2.75, 3.05) is 6.61 Å². The van der Waals surface area contributed by atoms with Gasteiger partial charge in [-0.2, -0.15) is 0 Å². The molecule has 3 nitrogen and oxygen atoms in total. The van der Waals surface area contributed by atoms with Gasteiger partial charge < -0.3 is 4.74 Å².